The molecule has 0 saturated carbocycles. The van der Waals surface area contributed by atoms with Crippen LogP contribution in [0.4, 0.5) is 20.3 Å². The largest absolute Gasteiger partial charge is 0.374 e. The summed E-state index contributed by atoms with van der Waals surface area (Å²) in [5.41, 5.74) is 3.92. The quantitative estimate of drug-likeness (QED) is 0.387. The molecule has 36 heavy (non-hydrogen) atoms. The van der Waals surface area contributed by atoms with Crippen LogP contribution in [0.2, 0.25) is 0 Å². The molecule has 1 atom stereocenters. The maximum absolute atomic E-state index is 14.2. The number of hydrogen-bond acceptors (Lipinski definition) is 6. The fraction of sp³-hybridized carbons (Fsp3) is 0.571. The predicted molar refractivity (Wildman–Crippen MR) is 140 cm³/mol. The summed E-state index contributed by atoms with van der Waals surface area (Å²) < 4.78 is 40.5. The lowest BCUT2D eigenvalue weighted by Gasteiger charge is -2.37. The Bertz CT molecular complexity index is 1100. The Morgan fingerprint density at radius 1 is 1.22 bits per heavy atom. The smallest absolute Gasteiger partial charge is 0.281 e. The molecule has 0 bridgehead atoms. The molecule has 0 aromatic carbocycles. The van der Waals surface area contributed by atoms with Crippen molar-refractivity contribution in [1.82, 2.24) is 9.97 Å². The summed E-state index contributed by atoms with van der Waals surface area (Å²) in [6.45, 7) is 15.2. The number of aryl methyl sites for hydroxylation is 1. The number of allylic oxidation sites excluding steroid dienone is 1. The molecule has 2 aromatic rings. The van der Waals surface area contributed by atoms with E-state index in [1.54, 1.807) is 12.2 Å². The van der Waals surface area contributed by atoms with Gasteiger partial charge in [-0.05, 0) is 59.6 Å². The van der Waals surface area contributed by atoms with Crippen LogP contribution < -0.4 is 9.80 Å². The molecule has 4 rings (SSSR count). The topological polar surface area (TPSA) is 50.7 Å². The van der Waals surface area contributed by atoms with Crippen LogP contribution in [0.25, 0.3) is 6.08 Å². The number of pyridine rings is 2. The number of ether oxygens (including phenoxy) is 2. The molecule has 2 aliphatic heterocycles. The van der Waals surface area contributed by atoms with Gasteiger partial charge in [-0.15, -0.1) is 0 Å². The van der Waals surface area contributed by atoms with E-state index in [1.807, 2.05) is 39.1 Å². The van der Waals surface area contributed by atoms with E-state index in [-0.39, 0.29) is 17.8 Å². The van der Waals surface area contributed by atoms with Gasteiger partial charge in [-0.2, -0.15) is 0 Å². The monoisotopic (exact) mass is 500 g/mol. The molecule has 2 aliphatic rings. The van der Waals surface area contributed by atoms with E-state index in [0.29, 0.717) is 37.6 Å². The first-order chi connectivity index (χ1) is 17.3. The summed E-state index contributed by atoms with van der Waals surface area (Å²) in [5.74, 6) is 0.568. The van der Waals surface area contributed by atoms with E-state index in [1.165, 1.54) is 0 Å². The summed E-state index contributed by atoms with van der Waals surface area (Å²) in [6, 6.07) is 4.05. The zero-order chi connectivity index (χ0) is 26.0. The fourth-order valence-electron chi connectivity index (χ4n) is 5.34. The van der Waals surface area contributed by atoms with Gasteiger partial charge < -0.3 is 19.3 Å². The number of rotatable bonds is 10. The van der Waals surface area contributed by atoms with Gasteiger partial charge in [0.25, 0.3) is 6.43 Å². The molecule has 196 valence electrons. The molecule has 8 heteroatoms. The highest BCUT2D eigenvalue weighted by molar-refractivity contribution is 5.73. The van der Waals surface area contributed by atoms with E-state index in [2.05, 4.69) is 40.5 Å². The standard InChI is InChI=1S/C28H38F2N4O2/c1-7-10-20-21(33(8-2)9-3)15-23(32-25(20)27(29)30)34(18(4)5)14-12-22-24-19(6)11-13-31-26(24)28(36-22)16-35-17-28/h7,10-11,13,15,18,22,27H,8-9,12,14,16-17H2,1-6H3. The zero-order valence-corrected chi connectivity index (χ0v) is 22.2. The summed E-state index contributed by atoms with van der Waals surface area (Å²) in [5, 5.41) is 0. The predicted octanol–water partition coefficient (Wildman–Crippen LogP) is 6.20. The minimum Gasteiger partial charge on any atom is -0.374 e. The number of hydrogen-bond donors (Lipinski definition) is 0. The Morgan fingerprint density at radius 3 is 2.50 bits per heavy atom. The Kier molecular flexibility index (Phi) is 7.95. The van der Waals surface area contributed by atoms with Gasteiger partial charge in [0.15, 0.2) is 5.60 Å². The van der Waals surface area contributed by atoms with Gasteiger partial charge in [0, 0.05) is 54.8 Å². The number of alkyl halides is 2. The third-order valence-electron chi connectivity index (χ3n) is 7.25. The van der Waals surface area contributed by atoms with Gasteiger partial charge in [0.1, 0.15) is 11.5 Å². The van der Waals surface area contributed by atoms with Crippen LogP contribution in [0.1, 0.15) is 81.6 Å². The number of anilines is 2. The van der Waals surface area contributed by atoms with E-state index in [4.69, 9.17) is 9.47 Å². The van der Waals surface area contributed by atoms with Crippen LogP contribution in [-0.4, -0.2) is 48.9 Å². The van der Waals surface area contributed by atoms with E-state index in [9.17, 15) is 8.78 Å². The van der Waals surface area contributed by atoms with Crippen molar-refractivity contribution in [3.8, 4) is 0 Å². The molecular weight excluding hydrogens is 462 g/mol. The molecule has 6 nitrogen and oxygen atoms in total. The fourth-order valence-corrected chi connectivity index (χ4v) is 5.34. The first-order valence-corrected chi connectivity index (χ1v) is 12.9. The van der Waals surface area contributed by atoms with E-state index >= 15 is 0 Å². The van der Waals surface area contributed by atoms with Crippen molar-refractivity contribution in [2.75, 3.05) is 42.6 Å². The molecular formula is C28H38F2N4O2. The number of nitrogens with zero attached hydrogens (tertiary/aromatic N) is 4. The molecule has 0 radical (unpaired) electrons. The number of fused-ring (bicyclic) bond motifs is 2. The highest BCUT2D eigenvalue weighted by atomic mass is 19.3. The zero-order valence-electron chi connectivity index (χ0n) is 22.2. The Morgan fingerprint density at radius 2 is 1.94 bits per heavy atom. The van der Waals surface area contributed by atoms with E-state index < -0.39 is 12.0 Å². The second kappa shape index (κ2) is 10.8. The summed E-state index contributed by atoms with van der Waals surface area (Å²) in [6.07, 6.45) is 3.26. The second-order valence-corrected chi connectivity index (χ2v) is 9.83. The maximum atomic E-state index is 14.2. The van der Waals surface area contributed by atoms with Crippen LogP contribution >= 0.6 is 0 Å². The van der Waals surface area contributed by atoms with Gasteiger partial charge in [-0.1, -0.05) is 12.2 Å². The van der Waals surface area contributed by atoms with Crippen molar-refractivity contribution in [2.45, 2.75) is 72.1 Å². The lowest BCUT2D eigenvalue weighted by atomic mass is 9.92. The van der Waals surface area contributed by atoms with Crippen molar-refractivity contribution >= 4 is 17.6 Å². The molecule has 0 amide bonds. The average molecular weight is 501 g/mol. The average Bonchev–Trinajstić information content (AvgIpc) is 3.17. The molecule has 1 unspecified atom stereocenters. The van der Waals surface area contributed by atoms with Crippen LogP contribution in [0.15, 0.2) is 24.4 Å². The highest BCUT2D eigenvalue weighted by Crippen LogP contribution is 2.49. The summed E-state index contributed by atoms with van der Waals surface area (Å²) in [7, 11) is 0. The molecule has 0 aliphatic carbocycles. The lowest BCUT2D eigenvalue weighted by Crippen LogP contribution is -2.47. The van der Waals surface area contributed by atoms with Gasteiger partial charge in [-0.25, -0.2) is 13.8 Å². The van der Waals surface area contributed by atoms with Crippen molar-refractivity contribution in [3.63, 3.8) is 0 Å². The van der Waals surface area contributed by atoms with Crippen molar-refractivity contribution in [2.24, 2.45) is 0 Å². The SMILES string of the molecule is CC=Cc1c(N(CC)CC)cc(N(CCC2OC3(COC3)c3nccc(C)c32)C(C)C)nc1C(F)F. The Labute approximate surface area is 213 Å². The van der Waals surface area contributed by atoms with Gasteiger partial charge in [0.05, 0.1) is 25.0 Å². The molecule has 1 spiro atoms. The van der Waals surface area contributed by atoms with Crippen LogP contribution in [-0.2, 0) is 15.1 Å². The molecule has 0 N–H and O–H groups in total. The van der Waals surface area contributed by atoms with Crippen molar-refractivity contribution in [1.29, 1.82) is 0 Å². The Hall–Kier alpha value is -2.58. The normalized spacial score (nSPS) is 18.3. The van der Waals surface area contributed by atoms with Crippen LogP contribution in [0.3, 0.4) is 0 Å². The number of aromatic nitrogens is 2. The van der Waals surface area contributed by atoms with Crippen molar-refractivity contribution < 1.29 is 18.3 Å². The van der Waals surface area contributed by atoms with Crippen LogP contribution in [0, 0.1) is 6.92 Å². The third-order valence-corrected chi connectivity index (χ3v) is 7.25. The highest BCUT2D eigenvalue weighted by Gasteiger charge is 2.52. The molecule has 2 aromatic heterocycles. The van der Waals surface area contributed by atoms with Gasteiger partial charge in [-0.3, -0.25) is 4.98 Å². The molecule has 4 heterocycles. The molecule has 1 fully saturated rings. The third kappa shape index (κ3) is 4.73. The Balaban J connectivity index is 1.68. The first kappa shape index (κ1) is 26.5. The van der Waals surface area contributed by atoms with Crippen LogP contribution in [0.5, 0.6) is 0 Å². The van der Waals surface area contributed by atoms with E-state index in [0.717, 1.165) is 35.6 Å². The van der Waals surface area contributed by atoms with Crippen molar-refractivity contribution in [3.05, 3.63) is 52.5 Å². The first-order valence-electron chi connectivity index (χ1n) is 12.9. The summed E-state index contributed by atoms with van der Waals surface area (Å²) >= 11 is 0. The minimum atomic E-state index is -2.67. The van der Waals surface area contributed by atoms with Gasteiger partial charge >= 0.3 is 0 Å². The lowest BCUT2D eigenvalue weighted by molar-refractivity contribution is -0.226. The number of halogens is 2. The minimum absolute atomic E-state index is 0.0667. The second-order valence-electron chi connectivity index (χ2n) is 9.83. The summed E-state index contributed by atoms with van der Waals surface area (Å²) in [4.78, 5) is 13.4. The maximum Gasteiger partial charge on any atom is 0.281 e. The van der Waals surface area contributed by atoms with Gasteiger partial charge in [0.2, 0.25) is 0 Å². The molecule has 1 saturated heterocycles.